The van der Waals surface area contributed by atoms with Gasteiger partial charge in [-0.3, -0.25) is 4.79 Å². The molecule has 100 valence electrons. The lowest BCUT2D eigenvalue weighted by Crippen LogP contribution is -2.25. The predicted molar refractivity (Wildman–Crippen MR) is 80.7 cm³/mol. The molecule has 1 amide bonds. The number of amides is 1. The van der Waals surface area contributed by atoms with Crippen LogP contribution in [0.4, 0.5) is 0 Å². The molecule has 0 saturated carbocycles. The van der Waals surface area contributed by atoms with Crippen LogP contribution >= 0.6 is 27.3 Å². The van der Waals surface area contributed by atoms with E-state index < -0.39 is 0 Å². The molecule has 0 aliphatic carbocycles. The summed E-state index contributed by atoms with van der Waals surface area (Å²) in [5.41, 5.74) is 1.27. The van der Waals surface area contributed by atoms with E-state index in [-0.39, 0.29) is 11.7 Å². The molecule has 1 N–H and O–H groups in total. The first-order chi connectivity index (χ1) is 8.97. The van der Waals surface area contributed by atoms with E-state index in [0.717, 1.165) is 14.9 Å². The standard InChI is InChI=1S/C14H14BrNO2S/c1-9-3-4-10(5-13(9)17)14(18)16(2)7-12-6-11(15)8-19-12/h3-6,8,17H,7H2,1-2H3. The maximum absolute atomic E-state index is 12.2. The van der Waals surface area contributed by atoms with Gasteiger partial charge in [-0.1, -0.05) is 6.07 Å². The lowest BCUT2D eigenvalue weighted by molar-refractivity contribution is 0.0786. The molecule has 0 spiro atoms. The summed E-state index contributed by atoms with van der Waals surface area (Å²) in [4.78, 5) is 15.0. The number of phenols is 1. The van der Waals surface area contributed by atoms with Crippen molar-refractivity contribution in [1.29, 1.82) is 0 Å². The topological polar surface area (TPSA) is 40.5 Å². The van der Waals surface area contributed by atoms with E-state index in [2.05, 4.69) is 15.9 Å². The van der Waals surface area contributed by atoms with Gasteiger partial charge in [0.15, 0.2) is 0 Å². The predicted octanol–water partition coefficient (Wildman–Crippen LogP) is 3.80. The SMILES string of the molecule is Cc1ccc(C(=O)N(C)Cc2cc(Br)cs2)cc1O. The van der Waals surface area contributed by atoms with E-state index in [1.165, 1.54) is 6.07 Å². The van der Waals surface area contributed by atoms with Crippen molar-refractivity contribution in [3.63, 3.8) is 0 Å². The Morgan fingerprint density at radius 2 is 2.16 bits per heavy atom. The number of carbonyl (C=O) groups is 1. The van der Waals surface area contributed by atoms with Gasteiger partial charge in [-0.25, -0.2) is 0 Å². The van der Waals surface area contributed by atoms with Gasteiger partial charge < -0.3 is 10.0 Å². The van der Waals surface area contributed by atoms with Gasteiger partial charge in [0.25, 0.3) is 5.91 Å². The molecule has 1 aromatic carbocycles. The minimum absolute atomic E-state index is 0.0974. The van der Waals surface area contributed by atoms with E-state index in [1.54, 1.807) is 42.3 Å². The first kappa shape index (κ1) is 14.1. The van der Waals surface area contributed by atoms with Gasteiger partial charge in [-0.05, 0) is 46.6 Å². The molecule has 0 saturated heterocycles. The fourth-order valence-corrected chi connectivity index (χ4v) is 3.21. The zero-order chi connectivity index (χ0) is 14.0. The van der Waals surface area contributed by atoms with Crippen LogP contribution < -0.4 is 0 Å². The fourth-order valence-electron chi connectivity index (χ4n) is 1.71. The van der Waals surface area contributed by atoms with Gasteiger partial charge in [-0.15, -0.1) is 11.3 Å². The van der Waals surface area contributed by atoms with E-state index in [0.29, 0.717) is 12.1 Å². The minimum atomic E-state index is -0.0974. The zero-order valence-corrected chi connectivity index (χ0v) is 13.1. The van der Waals surface area contributed by atoms with Gasteiger partial charge in [0.05, 0.1) is 6.54 Å². The summed E-state index contributed by atoms with van der Waals surface area (Å²) in [6.07, 6.45) is 0. The Morgan fingerprint density at radius 1 is 1.42 bits per heavy atom. The molecule has 5 heteroatoms. The van der Waals surface area contributed by atoms with Gasteiger partial charge >= 0.3 is 0 Å². The number of halogens is 1. The lowest BCUT2D eigenvalue weighted by atomic mass is 10.1. The summed E-state index contributed by atoms with van der Waals surface area (Å²) in [6.45, 7) is 2.36. The molecule has 19 heavy (non-hydrogen) atoms. The number of thiophene rings is 1. The molecule has 1 aromatic heterocycles. The van der Waals surface area contributed by atoms with E-state index in [1.807, 2.05) is 11.4 Å². The molecule has 2 aromatic rings. The van der Waals surface area contributed by atoms with Crippen molar-refractivity contribution in [2.24, 2.45) is 0 Å². The normalized spacial score (nSPS) is 10.5. The average Bonchev–Trinajstić information content (AvgIpc) is 2.77. The van der Waals surface area contributed by atoms with Crippen molar-refractivity contribution in [2.75, 3.05) is 7.05 Å². The number of hydrogen-bond acceptors (Lipinski definition) is 3. The Hall–Kier alpha value is -1.33. The number of aromatic hydroxyl groups is 1. The van der Waals surface area contributed by atoms with E-state index >= 15 is 0 Å². The fraction of sp³-hybridized carbons (Fsp3) is 0.214. The van der Waals surface area contributed by atoms with Crippen LogP contribution in [0.2, 0.25) is 0 Å². The molecule has 0 aliphatic heterocycles. The van der Waals surface area contributed by atoms with Crippen LogP contribution in [0.5, 0.6) is 5.75 Å². The summed E-state index contributed by atoms with van der Waals surface area (Å²) in [6, 6.07) is 7.00. The first-order valence-electron chi connectivity index (χ1n) is 5.75. The Kier molecular flexibility index (Phi) is 4.27. The molecular formula is C14H14BrNO2S. The highest BCUT2D eigenvalue weighted by Crippen LogP contribution is 2.22. The van der Waals surface area contributed by atoms with Crippen LogP contribution in [-0.4, -0.2) is 23.0 Å². The number of nitrogens with zero attached hydrogens (tertiary/aromatic N) is 1. The Bertz CT molecular complexity index is 609. The summed E-state index contributed by atoms with van der Waals surface area (Å²) in [5, 5.41) is 11.6. The van der Waals surface area contributed by atoms with Crippen molar-refractivity contribution in [1.82, 2.24) is 4.90 Å². The monoisotopic (exact) mass is 339 g/mol. The van der Waals surface area contributed by atoms with Crippen molar-refractivity contribution in [2.45, 2.75) is 13.5 Å². The number of rotatable bonds is 3. The van der Waals surface area contributed by atoms with Crippen molar-refractivity contribution in [3.8, 4) is 5.75 Å². The maximum Gasteiger partial charge on any atom is 0.254 e. The van der Waals surface area contributed by atoms with Crippen molar-refractivity contribution >= 4 is 33.2 Å². The van der Waals surface area contributed by atoms with Gasteiger partial charge in [-0.2, -0.15) is 0 Å². The van der Waals surface area contributed by atoms with Crippen LogP contribution in [0.1, 0.15) is 20.8 Å². The van der Waals surface area contributed by atoms with Crippen molar-refractivity contribution in [3.05, 3.63) is 50.1 Å². The summed E-state index contributed by atoms with van der Waals surface area (Å²) in [7, 11) is 1.76. The molecule has 3 nitrogen and oxygen atoms in total. The number of aryl methyl sites for hydroxylation is 1. The molecule has 1 heterocycles. The van der Waals surface area contributed by atoms with E-state index in [9.17, 15) is 9.90 Å². The van der Waals surface area contributed by atoms with Gasteiger partial charge in [0.1, 0.15) is 5.75 Å². The van der Waals surface area contributed by atoms with Crippen LogP contribution in [0.25, 0.3) is 0 Å². The molecule has 0 bridgehead atoms. The van der Waals surface area contributed by atoms with Gasteiger partial charge in [0.2, 0.25) is 0 Å². The quantitative estimate of drug-likeness (QED) is 0.923. The largest absolute Gasteiger partial charge is 0.508 e. The number of phenolic OH excluding ortho intramolecular Hbond substituents is 1. The Labute approximate surface area is 124 Å². The minimum Gasteiger partial charge on any atom is -0.508 e. The van der Waals surface area contributed by atoms with E-state index in [4.69, 9.17) is 0 Å². The number of hydrogen-bond donors (Lipinski definition) is 1. The van der Waals surface area contributed by atoms with Crippen LogP contribution in [-0.2, 0) is 6.54 Å². The summed E-state index contributed by atoms with van der Waals surface area (Å²) < 4.78 is 1.03. The maximum atomic E-state index is 12.2. The molecule has 0 atom stereocenters. The molecule has 2 rings (SSSR count). The second kappa shape index (κ2) is 5.75. The average molecular weight is 340 g/mol. The highest BCUT2D eigenvalue weighted by molar-refractivity contribution is 9.10. The zero-order valence-electron chi connectivity index (χ0n) is 10.7. The lowest BCUT2D eigenvalue weighted by Gasteiger charge is -2.16. The first-order valence-corrected chi connectivity index (χ1v) is 7.42. The Morgan fingerprint density at radius 3 is 2.74 bits per heavy atom. The highest BCUT2D eigenvalue weighted by atomic mass is 79.9. The van der Waals surface area contributed by atoms with Crippen LogP contribution in [0.3, 0.4) is 0 Å². The van der Waals surface area contributed by atoms with Gasteiger partial charge in [0, 0.05) is 27.3 Å². The van der Waals surface area contributed by atoms with Crippen LogP contribution in [0, 0.1) is 6.92 Å². The summed E-state index contributed by atoms with van der Waals surface area (Å²) in [5.74, 6) is 0.0536. The second-order valence-electron chi connectivity index (χ2n) is 4.39. The number of benzene rings is 1. The third-order valence-corrected chi connectivity index (χ3v) is 4.50. The third kappa shape index (κ3) is 3.36. The summed E-state index contributed by atoms with van der Waals surface area (Å²) >= 11 is 5.00. The molecule has 0 aliphatic rings. The molecule has 0 radical (unpaired) electrons. The van der Waals surface area contributed by atoms with Crippen LogP contribution in [0.15, 0.2) is 34.1 Å². The highest BCUT2D eigenvalue weighted by Gasteiger charge is 2.14. The number of carbonyl (C=O) groups excluding carboxylic acids is 1. The second-order valence-corrected chi connectivity index (χ2v) is 6.31. The van der Waals surface area contributed by atoms with Crippen molar-refractivity contribution < 1.29 is 9.90 Å². The smallest absolute Gasteiger partial charge is 0.254 e. The molecule has 0 fully saturated rings. The molecular weight excluding hydrogens is 326 g/mol. The molecule has 0 unspecified atom stereocenters. The third-order valence-electron chi connectivity index (χ3n) is 2.82. The Balaban J connectivity index is 2.12.